The van der Waals surface area contributed by atoms with Crippen LogP contribution in [-0.4, -0.2) is 20.0 Å². The third-order valence-corrected chi connectivity index (χ3v) is 6.14. The number of rotatable bonds is 10. The van der Waals surface area contributed by atoms with E-state index in [1.54, 1.807) is 0 Å². The van der Waals surface area contributed by atoms with E-state index in [0.717, 1.165) is 72.4 Å². The Morgan fingerprint density at radius 3 is 2.42 bits per heavy atom. The first-order valence-electron chi connectivity index (χ1n) is 11.8. The number of nitrogens with zero attached hydrogens (tertiary/aromatic N) is 4. The minimum atomic E-state index is 0.0896. The van der Waals surface area contributed by atoms with Gasteiger partial charge in [-0.25, -0.2) is 10.3 Å². The molecule has 0 bridgehead atoms. The van der Waals surface area contributed by atoms with Gasteiger partial charge in [-0.3, -0.25) is 19.5 Å². The topological polar surface area (TPSA) is 88.3 Å². The van der Waals surface area contributed by atoms with Crippen molar-refractivity contribution in [2.75, 3.05) is 0 Å². The molecule has 0 radical (unpaired) electrons. The molecule has 0 amide bonds. The van der Waals surface area contributed by atoms with Crippen molar-refractivity contribution in [2.45, 2.75) is 66.0 Å². The van der Waals surface area contributed by atoms with Crippen molar-refractivity contribution in [3.05, 3.63) is 75.6 Å². The first-order valence-corrected chi connectivity index (χ1v) is 11.8. The summed E-state index contributed by atoms with van der Waals surface area (Å²) in [6.45, 7) is 7.74. The molecule has 0 atom stereocenters. The summed E-state index contributed by atoms with van der Waals surface area (Å²) < 4.78 is 3.89. The molecule has 1 aliphatic heterocycles. The van der Waals surface area contributed by atoms with E-state index in [1.807, 2.05) is 45.7 Å². The molecule has 2 aromatic heterocycles. The molecule has 174 valence electrons. The summed E-state index contributed by atoms with van der Waals surface area (Å²) in [7, 11) is 0. The molecule has 4 rings (SSSR count). The third-order valence-electron chi connectivity index (χ3n) is 6.14. The van der Waals surface area contributed by atoms with Crippen molar-refractivity contribution >= 4 is 5.84 Å². The summed E-state index contributed by atoms with van der Waals surface area (Å²) in [5.41, 5.74) is 14.6. The summed E-state index contributed by atoms with van der Waals surface area (Å²) in [5.74, 6) is 0.715. The van der Waals surface area contributed by atoms with Crippen molar-refractivity contribution < 1.29 is 0 Å². The van der Waals surface area contributed by atoms with Crippen molar-refractivity contribution in [1.29, 1.82) is 0 Å². The maximum atomic E-state index is 13.2. The van der Waals surface area contributed by atoms with Crippen LogP contribution in [0.5, 0.6) is 0 Å². The lowest BCUT2D eigenvalue weighted by Crippen LogP contribution is -2.35. The molecule has 3 N–H and O–H groups in total. The predicted octanol–water partition coefficient (Wildman–Crippen LogP) is 3.49. The highest BCUT2D eigenvalue weighted by Crippen LogP contribution is 2.23. The van der Waals surface area contributed by atoms with E-state index in [-0.39, 0.29) is 5.69 Å². The van der Waals surface area contributed by atoms with E-state index in [9.17, 15) is 4.79 Å². The van der Waals surface area contributed by atoms with E-state index in [0.29, 0.717) is 12.4 Å². The number of nitrogens with one attached hydrogen (secondary N) is 3. The molecule has 33 heavy (non-hydrogen) atoms. The Hall–Kier alpha value is -3.39. The van der Waals surface area contributed by atoms with E-state index in [2.05, 4.69) is 48.4 Å². The van der Waals surface area contributed by atoms with Gasteiger partial charge in [-0.2, -0.15) is 0 Å². The third kappa shape index (κ3) is 4.85. The van der Waals surface area contributed by atoms with Crippen LogP contribution >= 0.6 is 0 Å². The van der Waals surface area contributed by atoms with Crippen LogP contribution in [0, 0.1) is 6.92 Å². The zero-order chi connectivity index (χ0) is 23.2. The van der Waals surface area contributed by atoms with Crippen LogP contribution < -0.4 is 22.2 Å². The lowest BCUT2D eigenvalue weighted by molar-refractivity contribution is 0.577. The summed E-state index contributed by atoms with van der Waals surface area (Å²) in [6, 6.07) is 12.1. The average molecular weight is 448 g/mol. The van der Waals surface area contributed by atoms with Gasteiger partial charge in [0, 0.05) is 35.3 Å². The van der Waals surface area contributed by atoms with Gasteiger partial charge in [0.2, 0.25) is 0 Å². The Bertz CT molecular complexity index is 1170. The van der Waals surface area contributed by atoms with Crippen LogP contribution in [0.2, 0.25) is 0 Å². The van der Waals surface area contributed by atoms with Crippen LogP contribution in [-0.2, 0) is 19.5 Å². The van der Waals surface area contributed by atoms with Gasteiger partial charge in [0.1, 0.15) is 0 Å². The molecule has 8 nitrogen and oxygen atoms in total. The first-order chi connectivity index (χ1) is 16.1. The number of hydrogen-bond donors (Lipinski definition) is 3. The van der Waals surface area contributed by atoms with Gasteiger partial charge in [0.25, 0.3) is 0 Å². The molecule has 0 fully saturated rings. The number of amidine groups is 1. The lowest BCUT2D eigenvalue weighted by atomic mass is 10.0. The molecule has 8 heteroatoms. The van der Waals surface area contributed by atoms with Crippen molar-refractivity contribution in [3.63, 3.8) is 0 Å². The average Bonchev–Trinajstić information content (AvgIpc) is 3.45. The van der Waals surface area contributed by atoms with E-state index < -0.39 is 0 Å². The molecule has 0 aliphatic carbocycles. The molecule has 1 aromatic carbocycles. The summed E-state index contributed by atoms with van der Waals surface area (Å²) >= 11 is 0. The molecule has 3 aromatic rings. The van der Waals surface area contributed by atoms with E-state index in [1.165, 1.54) is 0 Å². The summed E-state index contributed by atoms with van der Waals surface area (Å²) in [4.78, 5) is 18.0. The molecule has 0 saturated carbocycles. The van der Waals surface area contributed by atoms with Crippen LogP contribution in [0.4, 0.5) is 0 Å². The summed E-state index contributed by atoms with van der Waals surface area (Å²) in [5, 5.41) is 4.22. The number of aromatic nitrogens is 3. The Morgan fingerprint density at radius 2 is 1.76 bits per heavy atom. The smallest absolute Gasteiger partial charge is 0.296 e. The Kier molecular flexibility index (Phi) is 7.24. The van der Waals surface area contributed by atoms with Crippen molar-refractivity contribution in [2.24, 2.45) is 5.10 Å². The molecule has 3 heterocycles. The van der Waals surface area contributed by atoms with Gasteiger partial charge >= 0.3 is 5.69 Å². The maximum Gasteiger partial charge on any atom is 0.328 e. The monoisotopic (exact) mass is 447 g/mol. The van der Waals surface area contributed by atoms with Gasteiger partial charge in [-0.1, -0.05) is 57.0 Å². The second-order valence-electron chi connectivity index (χ2n) is 8.43. The number of hydrogen-bond acceptors (Lipinski definition) is 6. The van der Waals surface area contributed by atoms with Gasteiger partial charge < -0.3 is 0 Å². The Balaban J connectivity index is 1.62. The number of imidazole rings is 1. The first kappa shape index (κ1) is 22.8. The fourth-order valence-electron chi connectivity index (χ4n) is 4.26. The minimum absolute atomic E-state index is 0.0896. The van der Waals surface area contributed by atoms with Gasteiger partial charge in [0.15, 0.2) is 5.84 Å². The number of hydrazine groups is 2. The molecule has 0 spiro atoms. The zero-order valence-corrected chi connectivity index (χ0v) is 19.7. The number of hydrazone groups is 1. The van der Waals surface area contributed by atoms with Crippen LogP contribution in [0.25, 0.3) is 11.3 Å². The quantitative estimate of drug-likeness (QED) is 0.443. The second kappa shape index (κ2) is 10.5. The predicted molar refractivity (Wildman–Crippen MR) is 132 cm³/mol. The van der Waals surface area contributed by atoms with Gasteiger partial charge in [-0.05, 0) is 37.8 Å². The second-order valence-corrected chi connectivity index (χ2v) is 8.43. The van der Waals surface area contributed by atoms with Crippen LogP contribution in [0.1, 0.15) is 62.0 Å². The molecule has 1 aliphatic rings. The standard InChI is InChI=1S/C25H33N7O/c1-4-6-12-23-18(3)31(15-7-5-2)25(33)32(23)17-19-13-14-22(26-16-19)20-10-8-9-11-21(20)24-27-29-30-28-24/h8-11,13-14,16,29-30H,4-7,12,15,17H2,1-3H3,(H,27,28). The van der Waals surface area contributed by atoms with Crippen LogP contribution in [0.3, 0.4) is 0 Å². The van der Waals surface area contributed by atoms with Crippen molar-refractivity contribution in [1.82, 2.24) is 30.6 Å². The number of pyridine rings is 1. The number of unbranched alkanes of at least 4 members (excludes halogenated alkanes) is 2. The Labute approximate surface area is 194 Å². The summed E-state index contributed by atoms with van der Waals surface area (Å²) in [6.07, 6.45) is 7.07. The van der Waals surface area contributed by atoms with E-state index in [4.69, 9.17) is 4.98 Å². The fraction of sp³-hybridized carbons (Fsp3) is 0.400. The number of benzene rings is 1. The van der Waals surface area contributed by atoms with Crippen LogP contribution in [0.15, 0.2) is 52.5 Å². The van der Waals surface area contributed by atoms with Gasteiger partial charge in [-0.15, -0.1) is 10.6 Å². The largest absolute Gasteiger partial charge is 0.328 e. The molecular formula is C25H33N7O. The maximum absolute atomic E-state index is 13.2. The minimum Gasteiger partial charge on any atom is -0.296 e. The van der Waals surface area contributed by atoms with E-state index >= 15 is 0 Å². The lowest BCUT2D eigenvalue weighted by Gasteiger charge is -2.11. The molecule has 0 unspecified atom stereocenters. The molecule has 0 saturated heterocycles. The highest BCUT2D eigenvalue weighted by Gasteiger charge is 2.17. The SMILES string of the molecule is CCCCc1c(C)n(CCCC)c(=O)n1Cc1ccc(-c2ccccc2C2=NNNN2)nc1. The Morgan fingerprint density at radius 1 is 0.970 bits per heavy atom. The zero-order valence-electron chi connectivity index (χ0n) is 19.7. The molecular weight excluding hydrogens is 414 g/mol. The normalized spacial score (nSPS) is 13.0. The van der Waals surface area contributed by atoms with Crippen molar-refractivity contribution in [3.8, 4) is 11.3 Å². The highest BCUT2D eigenvalue weighted by molar-refractivity contribution is 6.04. The van der Waals surface area contributed by atoms with Gasteiger partial charge in [0.05, 0.1) is 12.2 Å². The fourth-order valence-corrected chi connectivity index (χ4v) is 4.26. The highest BCUT2D eigenvalue weighted by atomic mass is 16.1.